The zero-order chi connectivity index (χ0) is 16.0. The molecule has 1 fully saturated rings. The van der Waals surface area contributed by atoms with Gasteiger partial charge in [-0.25, -0.2) is 9.44 Å². The first kappa shape index (κ1) is 17.2. The van der Waals surface area contributed by atoms with Gasteiger partial charge in [0.2, 0.25) is 0 Å². The number of ether oxygens (including phenoxy) is 2. The molecule has 0 bridgehead atoms. The van der Waals surface area contributed by atoms with Gasteiger partial charge < -0.3 is 9.47 Å². The molecule has 1 aliphatic heterocycles. The first-order valence-electron chi connectivity index (χ1n) is 7.19. The van der Waals surface area contributed by atoms with Crippen LogP contribution < -0.4 is 14.2 Å². The van der Waals surface area contributed by atoms with Crippen molar-refractivity contribution in [2.45, 2.75) is 6.04 Å². The summed E-state index contributed by atoms with van der Waals surface area (Å²) in [5, 5.41) is 0. The van der Waals surface area contributed by atoms with Crippen molar-refractivity contribution in [3.8, 4) is 5.75 Å². The Hall–Kier alpha value is -1.19. The Balaban J connectivity index is 2.15. The highest BCUT2D eigenvalue weighted by Gasteiger charge is 2.24. The molecule has 0 aliphatic carbocycles. The van der Waals surface area contributed by atoms with Crippen LogP contribution in [0.15, 0.2) is 24.3 Å². The van der Waals surface area contributed by atoms with E-state index in [4.69, 9.17) is 9.47 Å². The summed E-state index contributed by atoms with van der Waals surface area (Å²) in [7, 11) is -0.448. The molecule has 1 aromatic carbocycles. The number of nitrogens with zero attached hydrogens (tertiary/aromatic N) is 1. The number of morpholine rings is 1. The van der Waals surface area contributed by atoms with Crippen molar-refractivity contribution < 1.29 is 17.9 Å². The zero-order valence-corrected chi connectivity index (χ0v) is 13.7. The lowest BCUT2D eigenvalue weighted by Gasteiger charge is -2.34. The van der Waals surface area contributed by atoms with Crippen LogP contribution in [0.2, 0.25) is 0 Å². The van der Waals surface area contributed by atoms with E-state index in [1.165, 1.54) is 7.05 Å². The molecule has 1 heterocycles. The number of benzene rings is 1. The Morgan fingerprint density at radius 2 is 1.91 bits per heavy atom. The molecule has 2 N–H and O–H groups in total. The molecular formula is C14H23N3O4S. The van der Waals surface area contributed by atoms with Crippen molar-refractivity contribution in [3.05, 3.63) is 29.8 Å². The minimum absolute atomic E-state index is 0.0436. The van der Waals surface area contributed by atoms with E-state index in [1.807, 2.05) is 24.3 Å². The van der Waals surface area contributed by atoms with Crippen LogP contribution >= 0.6 is 0 Å². The molecule has 1 unspecified atom stereocenters. The van der Waals surface area contributed by atoms with Gasteiger partial charge >= 0.3 is 0 Å². The fourth-order valence-corrected chi connectivity index (χ4v) is 2.96. The molecule has 124 valence electrons. The third-order valence-corrected chi connectivity index (χ3v) is 4.81. The van der Waals surface area contributed by atoms with Gasteiger partial charge in [0.15, 0.2) is 0 Å². The largest absolute Gasteiger partial charge is 0.497 e. The second-order valence-electron chi connectivity index (χ2n) is 4.99. The lowest BCUT2D eigenvalue weighted by atomic mass is 10.0. The SMILES string of the molecule is CNS(=O)(=O)NCC(c1ccc(OC)cc1)N1CCOCC1. The van der Waals surface area contributed by atoms with Crippen LogP contribution in [0, 0.1) is 0 Å². The topological polar surface area (TPSA) is 79.9 Å². The summed E-state index contributed by atoms with van der Waals surface area (Å²) in [6.45, 7) is 3.17. The number of rotatable bonds is 7. The van der Waals surface area contributed by atoms with E-state index in [0.717, 1.165) is 24.4 Å². The Morgan fingerprint density at radius 3 is 2.45 bits per heavy atom. The predicted octanol–water partition coefficient (Wildman–Crippen LogP) is 0.122. The van der Waals surface area contributed by atoms with E-state index >= 15 is 0 Å². The summed E-state index contributed by atoms with van der Waals surface area (Å²) in [6.07, 6.45) is 0. The number of methoxy groups -OCH3 is 1. The second-order valence-corrected chi connectivity index (χ2v) is 6.70. The van der Waals surface area contributed by atoms with Gasteiger partial charge in [0, 0.05) is 32.7 Å². The van der Waals surface area contributed by atoms with Gasteiger partial charge in [-0.15, -0.1) is 0 Å². The lowest BCUT2D eigenvalue weighted by Crippen LogP contribution is -2.45. The highest BCUT2D eigenvalue weighted by molar-refractivity contribution is 7.87. The molecule has 0 spiro atoms. The first-order valence-corrected chi connectivity index (χ1v) is 8.68. The van der Waals surface area contributed by atoms with Crippen LogP contribution in [0.5, 0.6) is 5.75 Å². The van der Waals surface area contributed by atoms with Gasteiger partial charge in [0.1, 0.15) is 5.75 Å². The summed E-state index contributed by atoms with van der Waals surface area (Å²) in [5.74, 6) is 0.778. The molecule has 7 nitrogen and oxygen atoms in total. The highest BCUT2D eigenvalue weighted by atomic mass is 32.2. The molecule has 0 amide bonds. The fraction of sp³-hybridized carbons (Fsp3) is 0.571. The maximum Gasteiger partial charge on any atom is 0.276 e. The average molecular weight is 329 g/mol. The maximum absolute atomic E-state index is 11.6. The number of hydrogen-bond acceptors (Lipinski definition) is 5. The monoisotopic (exact) mass is 329 g/mol. The van der Waals surface area contributed by atoms with Crippen molar-refractivity contribution in [1.29, 1.82) is 0 Å². The standard InChI is InChI=1S/C14H23N3O4S/c1-15-22(18,19)16-11-14(17-7-9-21-10-8-17)12-3-5-13(20-2)6-4-12/h3-6,14-16H,7-11H2,1-2H3. The Labute approximate surface area is 131 Å². The van der Waals surface area contributed by atoms with Crippen LogP contribution in [0.4, 0.5) is 0 Å². The summed E-state index contributed by atoms with van der Waals surface area (Å²) in [6, 6.07) is 7.65. The second kappa shape index (κ2) is 7.89. The minimum atomic E-state index is -3.46. The quantitative estimate of drug-likeness (QED) is 0.743. The minimum Gasteiger partial charge on any atom is -0.497 e. The van der Waals surface area contributed by atoms with Crippen molar-refractivity contribution in [2.24, 2.45) is 0 Å². The normalized spacial score (nSPS) is 18.1. The molecule has 1 atom stereocenters. The van der Waals surface area contributed by atoms with Crippen LogP contribution in [0.3, 0.4) is 0 Å². The van der Waals surface area contributed by atoms with Gasteiger partial charge in [0.25, 0.3) is 10.2 Å². The van der Waals surface area contributed by atoms with E-state index in [-0.39, 0.29) is 6.04 Å². The molecule has 0 saturated carbocycles. The van der Waals surface area contributed by atoms with E-state index < -0.39 is 10.2 Å². The van der Waals surface area contributed by atoms with Gasteiger partial charge in [-0.3, -0.25) is 4.90 Å². The summed E-state index contributed by atoms with van der Waals surface area (Å²) >= 11 is 0. The number of hydrogen-bond donors (Lipinski definition) is 2. The molecule has 2 rings (SSSR count). The lowest BCUT2D eigenvalue weighted by molar-refractivity contribution is 0.0172. The van der Waals surface area contributed by atoms with E-state index in [9.17, 15) is 8.42 Å². The fourth-order valence-electron chi connectivity index (χ4n) is 2.43. The van der Waals surface area contributed by atoms with Crippen molar-refractivity contribution in [1.82, 2.24) is 14.3 Å². The Bertz CT molecular complexity index is 556. The maximum atomic E-state index is 11.6. The Kier molecular flexibility index (Phi) is 6.16. The molecule has 0 aromatic heterocycles. The number of nitrogens with one attached hydrogen (secondary N) is 2. The zero-order valence-electron chi connectivity index (χ0n) is 12.9. The molecule has 1 aromatic rings. The van der Waals surface area contributed by atoms with Crippen molar-refractivity contribution in [3.63, 3.8) is 0 Å². The van der Waals surface area contributed by atoms with E-state index in [1.54, 1.807) is 7.11 Å². The van der Waals surface area contributed by atoms with Gasteiger partial charge in [0.05, 0.1) is 20.3 Å². The van der Waals surface area contributed by atoms with Crippen LogP contribution in [-0.4, -0.2) is 60.3 Å². The predicted molar refractivity (Wildman–Crippen MR) is 84.1 cm³/mol. The average Bonchev–Trinajstić information content (AvgIpc) is 2.56. The molecule has 1 aliphatic rings. The molecule has 0 radical (unpaired) electrons. The van der Waals surface area contributed by atoms with Crippen LogP contribution in [-0.2, 0) is 14.9 Å². The Morgan fingerprint density at radius 1 is 1.27 bits per heavy atom. The molecule has 1 saturated heterocycles. The third-order valence-electron chi connectivity index (χ3n) is 3.72. The van der Waals surface area contributed by atoms with Gasteiger partial charge in [-0.1, -0.05) is 12.1 Å². The third kappa shape index (κ3) is 4.65. The van der Waals surface area contributed by atoms with Crippen molar-refractivity contribution in [2.75, 3.05) is 47.0 Å². The first-order chi connectivity index (χ1) is 10.6. The summed E-state index contributed by atoms with van der Waals surface area (Å²) in [5.41, 5.74) is 1.04. The molecule has 22 heavy (non-hydrogen) atoms. The van der Waals surface area contributed by atoms with Gasteiger partial charge in [-0.05, 0) is 17.7 Å². The highest BCUT2D eigenvalue weighted by Crippen LogP contribution is 2.23. The molecule has 8 heteroatoms. The van der Waals surface area contributed by atoms with Crippen molar-refractivity contribution >= 4 is 10.2 Å². The van der Waals surface area contributed by atoms with Crippen LogP contribution in [0.1, 0.15) is 11.6 Å². The smallest absolute Gasteiger partial charge is 0.276 e. The van der Waals surface area contributed by atoms with E-state index in [0.29, 0.717) is 19.8 Å². The summed E-state index contributed by atoms with van der Waals surface area (Å²) < 4.78 is 38.7. The van der Waals surface area contributed by atoms with Crippen LogP contribution in [0.25, 0.3) is 0 Å². The van der Waals surface area contributed by atoms with E-state index in [2.05, 4.69) is 14.3 Å². The molecular weight excluding hydrogens is 306 g/mol. The summed E-state index contributed by atoms with van der Waals surface area (Å²) in [4.78, 5) is 2.23. The van der Waals surface area contributed by atoms with Gasteiger partial charge in [-0.2, -0.15) is 8.42 Å².